The van der Waals surface area contributed by atoms with Gasteiger partial charge in [-0.2, -0.15) is 5.10 Å². The van der Waals surface area contributed by atoms with Crippen molar-refractivity contribution in [2.75, 3.05) is 16.8 Å². The van der Waals surface area contributed by atoms with Crippen LogP contribution in [-0.4, -0.2) is 34.1 Å². The maximum absolute atomic E-state index is 12.3. The number of rotatable bonds is 0. The molecule has 1 aromatic rings. The lowest BCUT2D eigenvalue weighted by Gasteiger charge is -2.34. The Morgan fingerprint density at radius 1 is 1.47 bits per heavy atom. The van der Waals surface area contributed by atoms with Gasteiger partial charge in [-0.3, -0.25) is 9.58 Å². The van der Waals surface area contributed by atoms with E-state index in [2.05, 4.69) is 10.4 Å². The molecule has 1 aliphatic heterocycles. The molecule has 0 saturated carbocycles. The number of fused-ring (bicyclic) bond motifs is 1. The van der Waals surface area contributed by atoms with E-state index in [4.69, 9.17) is 4.74 Å². The Hall–Kier alpha value is -1.72. The molecule has 0 spiro atoms. The normalized spacial score (nSPS) is 18.8. The molecule has 0 bridgehead atoms. The van der Waals surface area contributed by atoms with E-state index in [1.54, 1.807) is 9.58 Å². The van der Waals surface area contributed by atoms with Crippen molar-refractivity contribution >= 4 is 17.6 Å². The van der Waals surface area contributed by atoms with Crippen molar-refractivity contribution in [3.8, 4) is 0 Å². The first-order valence-electron chi connectivity index (χ1n) is 6.49. The van der Waals surface area contributed by atoms with Crippen LogP contribution < -0.4 is 10.2 Å². The number of hydrogen-bond acceptors (Lipinski definition) is 4. The van der Waals surface area contributed by atoms with Crippen LogP contribution in [0.5, 0.6) is 0 Å². The largest absolute Gasteiger partial charge is 0.443 e. The van der Waals surface area contributed by atoms with Gasteiger partial charge in [0.05, 0.1) is 5.69 Å². The second kappa shape index (κ2) is 4.43. The van der Waals surface area contributed by atoms with Crippen LogP contribution in [0.4, 0.5) is 16.3 Å². The highest BCUT2D eigenvalue weighted by molar-refractivity contribution is 5.94. The van der Waals surface area contributed by atoms with Crippen molar-refractivity contribution < 1.29 is 9.53 Å². The molecule has 0 fully saturated rings. The second-order valence-corrected chi connectivity index (χ2v) is 6.04. The third-order valence-electron chi connectivity index (χ3n) is 2.91. The van der Waals surface area contributed by atoms with Crippen LogP contribution in [0.1, 0.15) is 33.4 Å². The molecule has 0 saturated heterocycles. The number of aryl methyl sites for hydroxylation is 2. The highest BCUT2D eigenvalue weighted by Gasteiger charge is 2.33. The van der Waals surface area contributed by atoms with Crippen LogP contribution >= 0.6 is 0 Å². The van der Waals surface area contributed by atoms with E-state index < -0.39 is 5.60 Å². The average Bonchev–Trinajstić information content (AvgIpc) is 2.51. The van der Waals surface area contributed by atoms with Crippen LogP contribution in [0.25, 0.3) is 0 Å². The minimum absolute atomic E-state index is 0.162. The van der Waals surface area contributed by atoms with E-state index in [1.165, 1.54) is 0 Å². The molecule has 0 aliphatic carbocycles. The first-order chi connectivity index (χ1) is 8.69. The zero-order valence-electron chi connectivity index (χ0n) is 12.4. The van der Waals surface area contributed by atoms with Crippen molar-refractivity contribution in [1.29, 1.82) is 0 Å². The molecule has 6 nitrogen and oxygen atoms in total. The molecule has 0 radical (unpaired) electrons. The molecule has 1 aromatic heterocycles. The summed E-state index contributed by atoms with van der Waals surface area (Å²) in [5.74, 6) is 0.863. The van der Waals surface area contributed by atoms with Gasteiger partial charge in [0.1, 0.15) is 17.1 Å². The summed E-state index contributed by atoms with van der Waals surface area (Å²) in [5.41, 5.74) is 1.14. The van der Waals surface area contributed by atoms with Gasteiger partial charge in [-0.25, -0.2) is 4.79 Å². The molecule has 1 atom stereocenters. The van der Waals surface area contributed by atoms with E-state index in [0.717, 1.165) is 17.2 Å². The first kappa shape index (κ1) is 13.7. The molecule has 1 amide bonds. The van der Waals surface area contributed by atoms with E-state index in [1.807, 2.05) is 41.7 Å². The number of anilines is 2. The van der Waals surface area contributed by atoms with Crippen molar-refractivity contribution in [3.05, 3.63) is 5.69 Å². The molecular formula is C13H22N4O2. The smallest absolute Gasteiger partial charge is 0.415 e. The van der Waals surface area contributed by atoms with Gasteiger partial charge < -0.3 is 10.1 Å². The fraction of sp³-hybridized carbons (Fsp3) is 0.692. The van der Waals surface area contributed by atoms with Crippen LogP contribution in [0, 0.1) is 6.92 Å². The monoisotopic (exact) mass is 266 g/mol. The number of hydrogen-bond donors (Lipinski definition) is 1. The molecular weight excluding hydrogens is 244 g/mol. The van der Waals surface area contributed by atoms with Crippen LogP contribution in [0.2, 0.25) is 0 Å². The van der Waals surface area contributed by atoms with Gasteiger partial charge in [0.25, 0.3) is 0 Å². The SMILES string of the molecule is Cc1nn(C)c2c1N(C(=O)OC(C)(C)C)C[C@@H](C)N2. The Balaban J connectivity index is 2.35. The van der Waals surface area contributed by atoms with Gasteiger partial charge in [-0.15, -0.1) is 0 Å². The lowest BCUT2D eigenvalue weighted by Crippen LogP contribution is -2.46. The van der Waals surface area contributed by atoms with Gasteiger partial charge >= 0.3 is 6.09 Å². The minimum Gasteiger partial charge on any atom is -0.443 e. The summed E-state index contributed by atoms with van der Waals surface area (Å²) in [6, 6.07) is 0.162. The quantitative estimate of drug-likeness (QED) is 0.782. The second-order valence-electron chi connectivity index (χ2n) is 6.04. The number of ether oxygens (including phenoxy) is 1. The third kappa shape index (κ3) is 2.67. The van der Waals surface area contributed by atoms with Crippen molar-refractivity contribution in [2.45, 2.75) is 46.3 Å². The van der Waals surface area contributed by atoms with Crippen molar-refractivity contribution in [2.24, 2.45) is 7.05 Å². The maximum Gasteiger partial charge on any atom is 0.415 e. The third-order valence-corrected chi connectivity index (χ3v) is 2.91. The lowest BCUT2D eigenvalue weighted by atomic mass is 10.2. The number of carbonyl (C=O) groups is 1. The van der Waals surface area contributed by atoms with Gasteiger partial charge in [-0.1, -0.05) is 0 Å². The van der Waals surface area contributed by atoms with Crippen LogP contribution in [0.15, 0.2) is 0 Å². The fourth-order valence-electron chi connectivity index (χ4n) is 2.26. The molecule has 0 unspecified atom stereocenters. The summed E-state index contributed by atoms with van der Waals surface area (Å²) in [6.45, 7) is 10.1. The number of amides is 1. The van der Waals surface area contributed by atoms with Gasteiger partial charge in [0.15, 0.2) is 0 Å². The summed E-state index contributed by atoms with van der Waals surface area (Å²) >= 11 is 0. The predicted octanol–water partition coefficient (Wildman–Crippen LogP) is 2.28. The van der Waals surface area contributed by atoms with Gasteiger partial charge in [-0.05, 0) is 34.6 Å². The van der Waals surface area contributed by atoms with E-state index in [-0.39, 0.29) is 12.1 Å². The molecule has 1 aliphatic rings. The zero-order chi connectivity index (χ0) is 14.4. The molecule has 6 heteroatoms. The Morgan fingerprint density at radius 3 is 2.68 bits per heavy atom. The maximum atomic E-state index is 12.3. The zero-order valence-corrected chi connectivity index (χ0v) is 12.4. The summed E-state index contributed by atoms with van der Waals surface area (Å²) < 4.78 is 7.23. The van der Waals surface area contributed by atoms with Crippen LogP contribution in [-0.2, 0) is 11.8 Å². The van der Waals surface area contributed by atoms with Gasteiger partial charge in [0.2, 0.25) is 0 Å². The standard InChI is InChI=1S/C13H22N4O2/c1-8-7-17(12(18)19-13(3,4)5)10-9(2)15-16(6)11(10)14-8/h8,14H,7H2,1-6H3/t8-/m1/s1. The molecule has 1 N–H and O–H groups in total. The predicted molar refractivity (Wildman–Crippen MR) is 74.6 cm³/mol. The molecule has 2 rings (SSSR count). The summed E-state index contributed by atoms with van der Waals surface area (Å²) in [5, 5.41) is 7.71. The Kier molecular flexibility index (Phi) is 3.20. The number of aromatic nitrogens is 2. The number of carbonyl (C=O) groups excluding carboxylic acids is 1. The van der Waals surface area contributed by atoms with Crippen LogP contribution in [0.3, 0.4) is 0 Å². The lowest BCUT2D eigenvalue weighted by molar-refractivity contribution is 0.0578. The molecule has 106 valence electrons. The first-order valence-corrected chi connectivity index (χ1v) is 6.49. The highest BCUT2D eigenvalue weighted by Crippen LogP contribution is 2.34. The fourth-order valence-corrected chi connectivity index (χ4v) is 2.26. The summed E-state index contributed by atoms with van der Waals surface area (Å²) in [4.78, 5) is 14.0. The Labute approximate surface area is 113 Å². The molecule has 0 aromatic carbocycles. The van der Waals surface area contributed by atoms with E-state index in [0.29, 0.717) is 6.54 Å². The minimum atomic E-state index is -0.499. The topological polar surface area (TPSA) is 59.4 Å². The summed E-state index contributed by atoms with van der Waals surface area (Å²) in [7, 11) is 1.87. The van der Waals surface area contributed by atoms with E-state index >= 15 is 0 Å². The van der Waals surface area contributed by atoms with Gasteiger partial charge in [0, 0.05) is 19.6 Å². The average molecular weight is 266 g/mol. The van der Waals surface area contributed by atoms with E-state index in [9.17, 15) is 4.79 Å². The molecule has 2 heterocycles. The summed E-state index contributed by atoms with van der Waals surface area (Å²) in [6.07, 6.45) is -0.321. The Bertz CT molecular complexity index is 501. The van der Waals surface area contributed by atoms with Crippen molar-refractivity contribution in [3.63, 3.8) is 0 Å². The molecule has 19 heavy (non-hydrogen) atoms. The number of nitrogens with one attached hydrogen (secondary N) is 1. The highest BCUT2D eigenvalue weighted by atomic mass is 16.6. The number of nitrogens with zero attached hydrogens (tertiary/aromatic N) is 3. The van der Waals surface area contributed by atoms with Crippen molar-refractivity contribution in [1.82, 2.24) is 9.78 Å². The Morgan fingerprint density at radius 2 is 2.11 bits per heavy atom.